The molecular weight excluding hydrogens is 364 g/mol. The van der Waals surface area contributed by atoms with Crippen LogP contribution in [0.5, 0.6) is 0 Å². The van der Waals surface area contributed by atoms with Gasteiger partial charge in [0.15, 0.2) is 5.96 Å². The minimum Gasteiger partial charge on any atom is -0.352 e. The predicted octanol–water partition coefficient (Wildman–Crippen LogP) is 3.49. The molecule has 0 spiro atoms. The number of guanidine groups is 1. The summed E-state index contributed by atoms with van der Waals surface area (Å²) in [5, 5.41) is 10.9. The number of nitrogens with one attached hydrogen (secondary N) is 2. The van der Waals surface area contributed by atoms with Crippen molar-refractivity contribution in [1.82, 2.24) is 20.0 Å². The Morgan fingerprint density at radius 2 is 1.97 bits per heavy atom. The van der Waals surface area contributed by atoms with Crippen LogP contribution in [0.15, 0.2) is 35.5 Å². The predicted molar refractivity (Wildman–Crippen MR) is 119 cm³/mol. The number of rotatable bonds is 8. The van der Waals surface area contributed by atoms with E-state index in [4.69, 9.17) is 0 Å². The summed E-state index contributed by atoms with van der Waals surface area (Å²) >= 11 is 0. The van der Waals surface area contributed by atoms with Crippen LogP contribution >= 0.6 is 0 Å². The van der Waals surface area contributed by atoms with Crippen LogP contribution in [0.1, 0.15) is 56.4 Å². The van der Waals surface area contributed by atoms with E-state index in [1.165, 1.54) is 5.56 Å². The van der Waals surface area contributed by atoms with Crippen LogP contribution in [0, 0.1) is 0 Å². The van der Waals surface area contributed by atoms with Crippen LogP contribution in [0.2, 0.25) is 0 Å². The lowest BCUT2D eigenvalue weighted by atomic mass is 10.1. The zero-order chi connectivity index (χ0) is 21.4. The van der Waals surface area contributed by atoms with E-state index >= 15 is 0 Å². The summed E-state index contributed by atoms with van der Waals surface area (Å²) in [6, 6.07) is 7.89. The third-order valence-corrected chi connectivity index (χ3v) is 4.63. The number of amides is 1. The van der Waals surface area contributed by atoms with Crippen LogP contribution in [-0.4, -0.2) is 40.6 Å². The summed E-state index contributed by atoms with van der Waals surface area (Å²) in [5.74, 6) is 1.26. The molecule has 2 N–H and O–H groups in total. The molecule has 0 radical (unpaired) electrons. The summed E-state index contributed by atoms with van der Waals surface area (Å²) in [6.07, 6.45) is 3.46. The van der Waals surface area contributed by atoms with E-state index in [0.717, 1.165) is 35.9 Å². The quantitative estimate of drug-likeness (QED) is 0.527. The second-order valence-corrected chi connectivity index (χ2v) is 7.62. The summed E-state index contributed by atoms with van der Waals surface area (Å²) in [6.45, 7) is 7.71. The number of hydrogen-bond acceptors (Lipinski definition) is 3. The molecule has 0 bridgehead atoms. The van der Waals surface area contributed by atoms with Crippen molar-refractivity contribution in [3.05, 3.63) is 47.3 Å². The lowest BCUT2D eigenvalue weighted by molar-refractivity contribution is -0.116. The fourth-order valence-electron chi connectivity index (χ4n) is 3.22. The molecule has 1 aromatic carbocycles. The van der Waals surface area contributed by atoms with Crippen LogP contribution in [0.3, 0.4) is 0 Å². The maximum atomic E-state index is 11.7. The van der Waals surface area contributed by atoms with Gasteiger partial charge in [-0.15, -0.1) is 0 Å². The van der Waals surface area contributed by atoms with Gasteiger partial charge in [-0.25, -0.2) is 0 Å². The normalized spacial score (nSPS) is 11.6. The Labute approximate surface area is 174 Å². The molecule has 1 aromatic heterocycles. The van der Waals surface area contributed by atoms with Crippen molar-refractivity contribution in [3.8, 4) is 0 Å². The first-order valence-corrected chi connectivity index (χ1v) is 10.2. The molecule has 29 heavy (non-hydrogen) atoms. The minimum atomic E-state index is 0.0524. The fraction of sp³-hybridized carbons (Fsp3) is 0.500. The van der Waals surface area contributed by atoms with Gasteiger partial charge in [-0.3, -0.25) is 14.5 Å². The molecule has 0 unspecified atom stereocenters. The zero-order valence-corrected chi connectivity index (χ0v) is 18.5. The number of carbonyl (C=O) groups excluding carboxylic acids is 1. The fourth-order valence-corrected chi connectivity index (χ4v) is 3.22. The lowest BCUT2D eigenvalue weighted by Gasteiger charge is -2.22. The first-order chi connectivity index (χ1) is 13.8. The van der Waals surface area contributed by atoms with Crippen molar-refractivity contribution >= 4 is 17.6 Å². The summed E-state index contributed by atoms with van der Waals surface area (Å²) in [7, 11) is 5.77. The molecule has 7 nitrogen and oxygen atoms in total. The molecule has 0 aliphatic carbocycles. The average Bonchev–Trinajstić information content (AvgIpc) is 3.04. The van der Waals surface area contributed by atoms with Gasteiger partial charge in [-0.05, 0) is 30.0 Å². The second kappa shape index (κ2) is 10.6. The SMILES string of the molecule is CCCC(=O)Nc1ccc(CNC(=NC)N(C)Cc2cn(C)nc2C(C)C)cc1. The molecule has 0 saturated carbocycles. The molecule has 0 atom stereocenters. The Morgan fingerprint density at radius 3 is 2.55 bits per heavy atom. The first kappa shape index (κ1) is 22.5. The Kier molecular flexibility index (Phi) is 8.24. The maximum absolute atomic E-state index is 11.7. The summed E-state index contributed by atoms with van der Waals surface area (Å²) in [4.78, 5) is 18.2. The average molecular weight is 399 g/mol. The Morgan fingerprint density at radius 1 is 1.28 bits per heavy atom. The van der Waals surface area contributed by atoms with E-state index in [-0.39, 0.29) is 5.91 Å². The van der Waals surface area contributed by atoms with Gasteiger partial charge in [0.05, 0.1) is 5.69 Å². The molecule has 1 heterocycles. The second-order valence-electron chi connectivity index (χ2n) is 7.62. The molecule has 7 heteroatoms. The van der Waals surface area contributed by atoms with Crippen LogP contribution in [0.25, 0.3) is 0 Å². The number of carbonyl (C=O) groups is 1. The number of aryl methyl sites for hydroxylation is 1. The van der Waals surface area contributed by atoms with Crippen molar-refractivity contribution < 1.29 is 4.79 Å². The van der Waals surface area contributed by atoms with E-state index in [1.54, 1.807) is 7.05 Å². The van der Waals surface area contributed by atoms with Gasteiger partial charge >= 0.3 is 0 Å². The van der Waals surface area contributed by atoms with Gasteiger partial charge in [0.2, 0.25) is 5.91 Å². The van der Waals surface area contributed by atoms with E-state index in [9.17, 15) is 4.79 Å². The number of nitrogens with zero attached hydrogens (tertiary/aromatic N) is 4. The first-order valence-electron chi connectivity index (χ1n) is 10.2. The summed E-state index contributed by atoms with van der Waals surface area (Å²) < 4.78 is 1.87. The van der Waals surface area contributed by atoms with E-state index < -0.39 is 0 Å². The van der Waals surface area contributed by atoms with Gasteiger partial charge < -0.3 is 15.5 Å². The molecule has 1 amide bonds. The Bertz CT molecular complexity index is 822. The van der Waals surface area contributed by atoms with Crippen molar-refractivity contribution in [2.75, 3.05) is 19.4 Å². The Hall–Kier alpha value is -2.83. The van der Waals surface area contributed by atoms with Gasteiger partial charge in [0.25, 0.3) is 0 Å². The standard InChI is InChI=1S/C22H34N6O/c1-7-8-20(29)25-19-11-9-17(10-12-19)13-24-22(23-4)27(5)14-18-15-28(6)26-21(18)16(2)3/h9-12,15-16H,7-8,13-14H2,1-6H3,(H,23,24)(H,25,29). The molecular formula is C22H34N6O. The molecule has 0 fully saturated rings. The topological polar surface area (TPSA) is 74.6 Å². The zero-order valence-electron chi connectivity index (χ0n) is 18.5. The third kappa shape index (κ3) is 6.62. The van der Waals surface area contributed by atoms with Gasteiger partial charge in [0.1, 0.15) is 0 Å². The van der Waals surface area contributed by atoms with Crippen molar-refractivity contribution in [1.29, 1.82) is 0 Å². The molecule has 0 saturated heterocycles. The van der Waals surface area contributed by atoms with E-state index in [2.05, 4.69) is 45.7 Å². The molecule has 0 aliphatic heterocycles. The number of benzene rings is 1. The highest BCUT2D eigenvalue weighted by molar-refractivity contribution is 5.90. The highest BCUT2D eigenvalue weighted by Gasteiger charge is 2.15. The van der Waals surface area contributed by atoms with Crippen molar-refractivity contribution in [2.45, 2.75) is 52.6 Å². The monoisotopic (exact) mass is 398 g/mol. The largest absolute Gasteiger partial charge is 0.352 e. The van der Waals surface area contributed by atoms with E-state index in [0.29, 0.717) is 18.9 Å². The molecule has 158 valence electrons. The molecule has 0 aliphatic rings. The molecule has 2 rings (SSSR count). The lowest BCUT2D eigenvalue weighted by Crippen LogP contribution is -2.38. The number of hydrogen-bond donors (Lipinski definition) is 2. The van der Waals surface area contributed by atoms with Gasteiger partial charge in [0, 0.05) is 58.1 Å². The smallest absolute Gasteiger partial charge is 0.224 e. The number of aliphatic imine (C=N–C) groups is 1. The molecule has 2 aromatic rings. The third-order valence-electron chi connectivity index (χ3n) is 4.63. The van der Waals surface area contributed by atoms with Gasteiger partial charge in [-0.2, -0.15) is 5.10 Å². The van der Waals surface area contributed by atoms with Crippen molar-refractivity contribution in [2.24, 2.45) is 12.0 Å². The summed E-state index contributed by atoms with van der Waals surface area (Å²) in [5.41, 5.74) is 4.28. The van der Waals surface area contributed by atoms with Crippen LogP contribution < -0.4 is 10.6 Å². The number of aromatic nitrogens is 2. The van der Waals surface area contributed by atoms with Crippen LogP contribution in [0.4, 0.5) is 5.69 Å². The Balaban J connectivity index is 1.94. The number of anilines is 1. The highest BCUT2D eigenvalue weighted by Crippen LogP contribution is 2.18. The van der Waals surface area contributed by atoms with Crippen LogP contribution in [-0.2, 0) is 24.9 Å². The van der Waals surface area contributed by atoms with E-state index in [1.807, 2.05) is 50.0 Å². The highest BCUT2D eigenvalue weighted by atomic mass is 16.1. The van der Waals surface area contributed by atoms with Crippen molar-refractivity contribution in [3.63, 3.8) is 0 Å². The maximum Gasteiger partial charge on any atom is 0.224 e. The minimum absolute atomic E-state index is 0.0524. The van der Waals surface area contributed by atoms with Gasteiger partial charge in [-0.1, -0.05) is 32.9 Å².